The molecule has 8 nitrogen and oxygen atoms in total. The predicted octanol–water partition coefficient (Wildman–Crippen LogP) is 2.49. The third-order valence-electron chi connectivity index (χ3n) is 4.43. The van der Waals surface area contributed by atoms with Crippen molar-refractivity contribution < 1.29 is 24.2 Å². The topological polar surface area (TPSA) is 108 Å². The van der Waals surface area contributed by atoms with E-state index < -0.39 is 5.97 Å². The summed E-state index contributed by atoms with van der Waals surface area (Å²) in [6, 6.07) is 11.7. The first-order valence-electron chi connectivity index (χ1n) is 8.83. The van der Waals surface area contributed by atoms with E-state index in [1.54, 1.807) is 42.5 Å². The third kappa shape index (κ3) is 4.40. The highest BCUT2D eigenvalue weighted by Gasteiger charge is 2.25. The fraction of sp³-hybridized carbons (Fsp3) is 0.250. The van der Waals surface area contributed by atoms with Crippen LogP contribution in [-0.2, 0) is 11.2 Å². The highest BCUT2D eigenvalue weighted by atomic mass is 16.5. The molecule has 3 rings (SSSR count). The van der Waals surface area contributed by atoms with Gasteiger partial charge in [-0.1, -0.05) is 12.1 Å². The van der Waals surface area contributed by atoms with Crippen LogP contribution >= 0.6 is 0 Å². The van der Waals surface area contributed by atoms with Crippen molar-refractivity contribution >= 4 is 29.3 Å². The van der Waals surface area contributed by atoms with E-state index in [9.17, 15) is 14.4 Å². The second-order valence-corrected chi connectivity index (χ2v) is 6.31. The molecule has 1 saturated heterocycles. The number of nitrogens with one attached hydrogen (secondary N) is 2. The number of carboxylic acids is 1. The third-order valence-corrected chi connectivity index (χ3v) is 4.43. The number of aliphatic carboxylic acids is 1. The Morgan fingerprint density at radius 3 is 2.57 bits per heavy atom. The Labute approximate surface area is 162 Å². The Balaban J connectivity index is 1.73. The van der Waals surface area contributed by atoms with Crippen LogP contribution < -0.4 is 20.3 Å². The summed E-state index contributed by atoms with van der Waals surface area (Å²) in [5.41, 5.74) is 2.41. The number of benzene rings is 2. The summed E-state index contributed by atoms with van der Waals surface area (Å²) in [5.74, 6) is -0.655. The van der Waals surface area contributed by atoms with Crippen LogP contribution in [-0.4, -0.2) is 43.2 Å². The lowest BCUT2D eigenvalue weighted by Gasteiger charge is -2.18. The van der Waals surface area contributed by atoms with Crippen LogP contribution in [0.2, 0.25) is 0 Å². The minimum absolute atomic E-state index is 0.0599. The molecule has 146 valence electrons. The lowest BCUT2D eigenvalue weighted by molar-refractivity contribution is -0.136. The van der Waals surface area contributed by atoms with E-state index in [2.05, 4.69) is 10.6 Å². The first-order valence-corrected chi connectivity index (χ1v) is 8.83. The highest BCUT2D eigenvalue weighted by molar-refractivity contribution is 6.06. The Hall–Kier alpha value is -3.55. The average molecular weight is 383 g/mol. The van der Waals surface area contributed by atoms with Crippen LogP contribution in [0.3, 0.4) is 0 Å². The van der Waals surface area contributed by atoms with Gasteiger partial charge in [0.15, 0.2) is 0 Å². The SMILES string of the molecule is COc1ccc(C(=O)Nc2ccc(CCC(=O)O)cc2)cc1N1CCNC1=O. The predicted molar refractivity (Wildman–Crippen MR) is 104 cm³/mol. The number of carbonyl (C=O) groups excluding carboxylic acids is 2. The molecule has 1 fully saturated rings. The molecular formula is C20H21N3O5. The fourth-order valence-electron chi connectivity index (χ4n) is 2.95. The smallest absolute Gasteiger partial charge is 0.322 e. The number of rotatable bonds is 7. The molecule has 0 aliphatic carbocycles. The Bertz CT molecular complexity index is 895. The molecule has 8 heteroatoms. The van der Waals surface area contributed by atoms with Crippen molar-refractivity contribution in [2.24, 2.45) is 0 Å². The molecule has 0 unspecified atom stereocenters. The molecule has 28 heavy (non-hydrogen) atoms. The minimum Gasteiger partial charge on any atom is -0.495 e. The van der Waals surface area contributed by atoms with Gasteiger partial charge in [-0.3, -0.25) is 14.5 Å². The van der Waals surface area contributed by atoms with Gasteiger partial charge in [-0.05, 0) is 42.3 Å². The van der Waals surface area contributed by atoms with Gasteiger partial charge in [0.05, 0.1) is 12.8 Å². The molecule has 0 radical (unpaired) electrons. The standard InChI is InChI=1S/C20H21N3O5/c1-28-17-8-5-14(12-16(17)23-11-10-21-20(23)27)19(26)22-15-6-2-13(3-7-15)4-9-18(24)25/h2-3,5-8,12H,4,9-11H2,1H3,(H,21,27)(H,22,26)(H,24,25). The summed E-state index contributed by atoms with van der Waals surface area (Å²) in [4.78, 5) is 36.7. The molecule has 3 amide bonds. The molecule has 1 aliphatic rings. The number of carbonyl (C=O) groups is 3. The summed E-state index contributed by atoms with van der Waals surface area (Å²) in [7, 11) is 1.51. The van der Waals surface area contributed by atoms with Gasteiger partial charge in [0.25, 0.3) is 5.91 Å². The van der Waals surface area contributed by atoms with Crippen molar-refractivity contribution in [3.05, 3.63) is 53.6 Å². The summed E-state index contributed by atoms with van der Waals surface area (Å²) >= 11 is 0. The van der Waals surface area contributed by atoms with Crippen LogP contribution in [0.5, 0.6) is 5.75 Å². The lowest BCUT2D eigenvalue weighted by atomic mass is 10.1. The van der Waals surface area contributed by atoms with Crippen LogP contribution in [0.15, 0.2) is 42.5 Å². The van der Waals surface area contributed by atoms with E-state index in [-0.39, 0.29) is 18.4 Å². The number of amides is 3. The van der Waals surface area contributed by atoms with Crippen molar-refractivity contribution in [3.8, 4) is 5.75 Å². The van der Waals surface area contributed by atoms with Crippen LogP contribution in [0.1, 0.15) is 22.3 Å². The number of hydrogen-bond acceptors (Lipinski definition) is 4. The molecule has 0 aromatic heterocycles. The summed E-state index contributed by atoms with van der Waals surface area (Å²) in [6.45, 7) is 1.03. The quantitative estimate of drug-likeness (QED) is 0.681. The highest BCUT2D eigenvalue weighted by Crippen LogP contribution is 2.30. The molecule has 1 aliphatic heterocycles. The number of nitrogens with zero attached hydrogens (tertiary/aromatic N) is 1. The Morgan fingerprint density at radius 1 is 1.21 bits per heavy atom. The van der Waals surface area contributed by atoms with E-state index in [0.717, 1.165) is 5.56 Å². The van der Waals surface area contributed by atoms with Crippen molar-refractivity contribution in [1.82, 2.24) is 5.32 Å². The van der Waals surface area contributed by atoms with Crippen molar-refractivity contribution in [1.29, 1.82) is 0 Å². The number of urea groups is 1. The van der Waals surface area contributed by atoms with Gasteiger partial charge in [-0.2, -0.15) is 0 Å². The first kappa shape index (κ1) is 19.2. The zero-order valence-electron chi connectivity index (χ0n) is 15.4. The molecule has 2 aromatic carbocycles. The van der Waals surface area contributed by atoms with E-state index >= 15 is 0 Å². The minimum atomic E-state index is -0.848. The van der Waals surface area contributed by atoms with Crippen LogP contribution in [0.4, 0.5) is 16.2 Å². The van der Waals surface area contributed by atoms with Gasteiger partial charge in [0.1, 0.15) is 5.75 Å². The van der Waals surface area contributed by atoms with Crippen molar-refractivity contribution in [2.75, 3.05) is 30.4 Å². The number of methoxy groups -OCH3 is 1. The number of hydrogen-bond donors (Lipinski definition) is 3. The summed E-state index contributed by atoms with van der Waals surface area (Å²) < 4.78 is 5.32. The van der Waals surface area contributed by atoms with Crippen molar-refractivity contribution in [3.63, 3.8) is 0 Å². The summed E-state index contributed by atoms with van der Waals surface area (Å²) in [6.07, 6.45) is 0.494. The normalized spacial score (nSPS) is 13.2. The molecule has 1 heterocycles. The van der Waals surface area contributed by atoms with Crippen LogP contribution in [0.25, 0.3) is 0 Å². The van der Waals surface area contributed by atoms with Gasteiger partial charge in [0, 0.05) is 30.8 Å². The fourth-order valence-corrected chi connectivity index (χ4v) is 2.95. The molecule has 0 bridgehead atoms. The van der Waals surface area contributed by atoms with Gasteiger partial charge in [0.2, 0.25) is 0 Å². The second-order valence-electron chi connectivity index (χ2n) is 6.31. The van der Waals surface area contributed by atoms with Crippen LogP contribution in [0, 0.1) is 0 Å². The van der Waals surface area contributed by atoms with E-state index in [1.165, 1.54) is 12.0 Å². The lowest BCUT2D eigenvalue weighted by Crippen LogP contribution is -2.28. The molecular weight excluding hydrogens is 362 g/mol. The molecule has 3 N–H and O–H groups in total. The molecule has 2 aromatic rings. The maximum absolute atomic E-state index is 12.6. The monoisotopic (exact) mass is 383 g/mol. The zero-order valence-corrected chi connectivity index (χ0v) is 15.4. The summed E-state index contributed by atoms with van der Waals surface area (Å²) in [5, 5.41) is 14.3. The molecule has 0 saturated carbocycles. The van der Waals surface area contributed by atoms with E-state index in [4.69, 9.17) is 9.84 Å². The molecule has 0 atom stereocenters. The Kier molecular flexibility index (Phi) is 5.78. The maximum atomic E-state index is 12.6. The largest absolute Gasteiger partial charge is 0.495 e. The zero-order chi connectivity index (χ0) is 20.1. The maximum Gasteiger partial charge on any atom is 0.322 e. The number of carboxylic acid groups (broad SMARTS) is 1. The van der Waals surface area contributed by atoms with Gasteiger partial charge >= 0.3 is 12.0 Å². The molecule has 0 spiro atoms. The van der Waals surface area contributed by atoms with Gasteiger partial charge < -0.3 is 20.5 Å². The Morgan fingerprint density at radius 2 is 1.96 bits per heavy atom. The average Bonchev–Trinajstić information content (AvgIpc) is 3.12. The second kappa shape index (κ2) is 8.43. The van der Waals surface area contributed by atoms with Gasteiger partial charge in [-0.25, -0.2) is 4.79 Å². The van der Waals surface area contributed by atoms with E-state index in [0.29, 0.717) is 42.2 Å². The van der Waals surface area contributed by atoms with E-state index in [1.807, 2.05) is 0 Å². The first-order chi connectivity index (χ1) is 13.5. The van der Waals surface area contributed by atoms with Gasteiger partial charge in [-0.15, -0.1) is 0 Å². The van der Waals surface area contributed by atoms with Crippen molar-refractivity contribution in [2.45, 2.75) is 12.8 Å². The number of aryl methyl sites for hydroxylation is 1. The number of ether oxygens (including phenoxy) is 1. The number of anilines is 2.